The van der Waals surface area contributed by atoms with Crippen LogP contribution in [0.5, 0.6) is 0 Å². The van der Waals surface area contributed by atoms with Crippen LogP contribution in [-0.4, -0.2) is 60.4 Å². The molecular weight excluding hydrogens is 455 g/mol. The summed E-state index contributed by atoms with van der Waals surface area (Å²) in [6.07, 6.45) is 0.00290. The van der Waals surface area contributed by atoms with Crippen LogP contribution in [0.4, 0.5) is 0 Å². The standard InChI is InChI=1S/C17H19IN2O6/c1-26-14(23)8-19-16(24)15-13(22)6-7-20(17(15)25)12(9-21)10-2-4-11(18)5-3-10/h2-5,12,15,21H,6-9H2,1H3,(H,19,24). The second-order valence-corrected chi connectivity index (χ2v) is 6.97. The molecule has 2 N–H and O–H groups in total. The zero-order valence-electron chi connectivity index (χ0n) is 14.1. The van der Waals surface area contributed by atoms with Crippen LogP contribution in [-0.2, 0) is 23.9 Å². The molecule has 9 heteroatoms. The maximum Gasteiger partial charge on any atom is 0.325 e. The highest BCUT2D eigenvalue weighted by atomic mass is 127. The molecule has 0 radical (unpaired) electrons. The lowest BCUT2D eigenvalue weighted by molar-refractivity contribution is -0.154. The topological polar surface area (TPSA) is 113 Å². The number of esters is 1. The summed E-state index contributed by atoms with van der Waals surface area (Å²) >= 11 is 2.14. The summed E-state index contributed by atoms with van der Waals surface area (Å²) in [6.45, 7) is -0.639. The fourth-order valence-electron chi connectivity index (χ4n) is 2.76. The minimum atomic E-state index is -1.52. The SMILES string of the molecule is COC(=O)CNC(=O)C1C(=O)CCN(C(CO)c2ccc(I)cc2)C1=O. The molecule has 1 heterocycles. The molecule has 26 heavy (non-hydrogen) atoms. The summed E-state index contributed by atoms with van der Waals surface area (Å²) in [5, 5.41) is 12.0. The van der Waals surface area contributed by atoms with E-state index in [2.05, 4.69) is 32.6 Å². The molecule has 1 saturated heterocycles. The van der Waals surface area contributed by atoms with E-state index in [0.717, 1.165) is 3.57 Å². The molecule has 0 bridgehead atoms. The highest BCUT2D eigenvalue weighted by molar-refractivity contribution is 14.1. The fraction of sp³-hybridized carbons (Fsp3) is 0.412. The van der Waals surface area contributed by atoms with E-state index < -0.39 is 42.1 Å². The van der Waals surface area contributed by atoms with Crippen LogP contribution in [0.25, 0.3) is 0 Å². The van der Waals surface area contributed by atoms with Crippen molar-refractivity contribution in [2.75, 3.05) is 26.8 Å². The quantitative estimate of drug-likeness (QED) is 0.342. The number of amides is 2. The van der Waals surface area contributed by atoms with Gasteiger partial charge in [0.05, 0.1) is 19.8 Å². The Morgan fingerprint density at radius 3 is 2.58 bits per heavy atom. The average Bonchev–Trinajstić information content (AvgIpc) is 2.63. The molecule has 2 unspecified atom stereocenters. The number of hydrogen-bond donors (Lipinski definition) is 2. The van der Waals surface area contributed by atoms with Crippen molar-refractivity contribution in [3.63, 3.8) is 0 Å². The second-order valence-electron chi connectivity index (χ2n) is 5.72. The Morgan fingerprint density at radius 2 is 2.00 bits per heavy atom. The van der Waals surface area contributed by atoms with Gasteiger partial charge in [-0.05, 0) is 40.3 Å². The minimum Gasteiger partial charge on any atom is -0.468 e. The molecule has 0 saturated carbocycles. The third-order valence-electron chi connectivity index (χ3n) is 4.15. The number of rotatable bonds is 6. The largest absolute Gasteiger partial charge is 0.468 e. The molecule has 8 nitrogen and oxygen atoms in total. The van der Waals surface area contributed by atoms with Gasteiger partial charge < -0.3 is 20.1 Å². The number of piperidine rings is 1. The maximum absolute atomic E-state index is 12.7. The first-order valence-corrected chi connectivity index (χ1v) is 9.01. The third kappa shape index (κ3) is 4.58. The van der Waals surface area contributed by atoms with E-state index in [1.165, 1.54) is 12.0 Å². The van der Waals surface area contributed by atoms with Crippen LogP contribution < -0.4 is 5.32 Å². The van der Waals surface area contributed by atoms with E-state index in [-0.39, 0.29) is 19.6 Å². The Morgan fingerprint density at radius 1 is 1.35 bits per heavy atom. The molecule has 2 atom stereocenters. The summed E-state index contributed by atoms with van der Waals surface area (Å²) in [6, 6.07) is 6.62. The Bertz CT molecular complexity index is 706. The lowest BCUT2D eigenvalue weighted by atomic mass is 9.92. The fourth-order valence-corrected chi connectivity index (χ4v) is 3.12. The molecule has 2 amide bonds. The van der Waals surface area contributed by atoms with E-state index in [9.17, 15) is 24.3 Å². The highest BCUT2D eigenvalue weighted by Crippen LogP contribution is 2.27. The zero-order valence-corrected chi connectivity index (χ0v) is 16.3. The number of aliphatic hydroxyl groups excluding tert-OH is 1. The molecule has 1 aliphatic heterocycles. The lowest BCUT2D eigenvalue weighted by Crippen LogP contribution is -2.54. The minimum absolute atomic E-state index is 0.00290. The summed E-state index contributed by atoms with van der Waals surface area (Å²) in [5.41, 5.74) is 0.712. The van der Waals surface area contributed by atoms with Crippen LogP contribution in [0, 0.1) is 9.49 Å². The zero-order chi connectivity index (χ0) is 19.3. The van der Waals surface area contributed by atoms with Crippen molar-refractivity contribution in [2.45, 2.75) is 12.5 Å². The number of ketones is 1. The van der Waals surface area contributed by atoms with Crippen LogP contribution in [0.3, 0.4) is 0 Å². The van der Waals surface area contributed by atoms with Gasteiger partial charge in [0.1, 0.15) is 6.54 Å². The predicted molar refractivity (Wildman–Crippen MR) is 98.8 cm³/mol. The normalized spacial score (nSPS) is 18.4. The first-order valence-electron chi connectivity index (χ1n) is 7.93. The van der Waals surface area contributed by atoms with E-state index in [0.29, 0.717) is 5.56 Å². The van der Waals surface area contributed by atoms with Crippen LogP contribution in [0.1, 0.15) is 18.0 Å². The Labute approximate surface area is 164 Å². The second kappa shape index (κ2) is 9.08. The number of carbonyl (C=O) groups excluding carboxylic acids is 4. The number of nitrogens with one attached hydrogen (secondary N) is 1. The van der Waals surface area contributed by atoms with Crippen molar-refractivity contribution >= 4 is 46.2 Å². The number of likely N-dealkylation sites (tertiary alicyclic amines) is 1. The number of ether oxygens (including phenoxy) is 1. The van der Waals surface area contributed by atoms with Crippen molar-refractivity contribution in [2.24, 2.45) is 5.92 Å². The predicted octanol–water partition coefficient (Wildman–Crippen LogP) is 0.0314. The van der Waals surface area contributed by atoms with E-state index >= 15 is 0 Å². The smallest absolute Gasteiger partial charge is 0.325 e. The van der Waals surface area contributed by atoms with Gasteiger partial charge in [-0.3, -0.25) is 19.2 Å². The van der Waals surface area contributed by atoms with Crippen LogP contribution in [0.2, 0.25) is 0 Å². The maximum atomic E-state index is 12.7. The average molecular weight is 474 g/mol. The summed E-state index contributed by atoms with van der Waals surface area (Å²) in [5.74, 6) is -4.23. The van der Waals surface area contributed by atoms with E-state index in [1.54, 1.807) is 12.1 Å². The number of hydrogen-bond acceptors (Lipinski definition) is 6. The summed E-state index contributed by atoms with van der Waals surface area (Å²) in [7, 11) is 1.17. The molecule has 140 valence electrons. The van der Waals surface area contributed by atoms with Crippen molar-refractivity contribution in [1.82, 2.24) is 10.2 Å². The first-order chi connectivity index (χ1) is 12.4. The number of benzene rings is 1. The van der Waals surface area contributed by atoms with Gasteiger partial charge >= 0.3 is 5.97 Å². The molecule has 1 aromatic carbocycles. The van der Waals surface area contributed by atoms with Gasteiger partial charge in [0, 0.05) is 16.5 Å². The number of Topliss-reactive ketones (excluding diaryl/α,β-unsaturated/α-hetero) is 1. The Balaban J connectivity index is 2.18. The molecule has 1 aliphatic rings. The molecule has 0 aromatic heterocycles. The number of halogens is 1. The van der Waals surface area contributed by atoms with Crippen molar-refractivity contribution in [3.05, 3.63) is 33.4 Å². The van der Waals surface area contributed by atoms with Crippen molar-refractivity contribution < 1.29 is 29.0 Å². The molecular formula is C17H19IN2O6. The first kappa shape index (κ1) is 20.3. The summed E-state index contributed by atoms with van der Waals surface area (Å²) in [4.78, 5) is 49.6. The van der Waals surface area contributed by atoms with Gasteiger partial charge in [-0.25, -0.2) is 0 Å². The molecule has 1 fully saturated rings. The highest BCUT2D eigenvalue weighted by Gasteiger charge is 2.43. The Kier molecular flexibility index (Phi) is 7.09. The van der Waals surface area contributed by atoms with Gasteiger partial charge in [0.15, 0.2) is 11.7 Å². The number of aliphatic hydroxyl groups is 1. The molecule has 1 aromatic rings. The number of carbonyl (C=O) groups is 4. The molecule has 0 aliphatic carbocycles. The monoisotopic (exact) mass is 474 g/mol. The number of nitrogens with zero attached hydrogens (tertiary/aromatic N) is 1. The van der Waals surface area contributed by atoms with Crippen molar-refractivity contribution in [3.8, 4) is 0 Å². The lowest BCUT2D eigenvalue weighted by Gasteiger charge is -2.36. The molecule has 0 spiro atoms. The van der Waals surface area contributed by atoms with Gasteiger partial charge in [-0.2, -0.15) is 0 Å². The van der Waals surface area contributed by atoms with Gasteiger partial charge in [-0.1, -0.05) is 12.1 Å². The van der Waals surface area contributed by atoms with E-state index in [1.807, 2.05) is 12.1 Å². The van der Waals surface area contributed by atoms with Crippen LogP contribution >= 0.6 is 22.6 Å². The number of methoxy groups -OCH3 is 1. The van der Waals surface area contributed by atoms with Gasteiger partial charge in [-0.15, -0.1) is 0 Å². The Hall–Kier alpha value is -2.01. The van der Waals surface area contributed by atoms with Gasteiger partial charge in [0.25, 0.3) is 0 Å². The third-order valence-corrected chi connectivity index (χ3v) is 4.87. The van der Waals surface area contributed by atoms with Crippen molar-refractivity contribution in [1.29, 1.82) is 0 Å². The van der Waals surface area contributed by atoms with Gasteiger partial charge in [0.2, 0.25) is 11.8 Å². The molecule has 2 rings (SSSR count). The summed E-state index contributed by atoms with van der Waals surface area (Å²) < 4.78 is 5.42. The van der Waals surface area contributed by atoms with E-state index in [4.69, 9.17) is 0 Å². The van der Waals surface area contributed by atoms with Crippen LogP contribution in [0.15, 0.2) is 24.3 Å².